The van der Waals surface area contributed by atoms with Gasteiger partial charge in [0.15, 0.2) is 0 Å². The molecular weight excluding hydrogens is 264 g/mol. The van der Waals surface area contributed by atoms with E-state index in [1.807, 2.05) is 47.9 Å². The fourth-order valence-electron chi connectivity index (χ4n) is 2.19. The van der Waals surface area contributed by atoms with Crippen LogP contribution in [0.2, 0.25) is 0 Å². The summed E-state index contributed by atoms with van der Waals surface area (Å²) >= 11 is 0. The quantitative estimate of drug-likeness (QED) is 0.798. The minimum atomic E-state index is 0.0140. The molecule has 0 aliphatic carbocycles. The molecule has 2 aromatic heterocycles. The van der Waals surface area contributed by atoms with Gasteiger partial charge < -0.3 is 5.32 Å². The Hall–Kier alpha value is -2.69. The van der Waals surface area contributed by atoms with Gasteiger partial charge in [-0.05, 0) is 30.7 Å². The molecule has 1 amide bonds. The van der Waals surface area contributed by atoms with Crippen LogP contribution in [0.25, 0.3) is 16.9 Å². The van der Waals surface area contributed by atoms with Gasteiger partial charge in [0.2, 0.25) is 5.91 Å². The number of anilines is 1. The summed E-state index contributed by atoms with van der Waals surface area (Å²) in [5.74, 6) is 0.789. The lowest BCUT2D eigenvalue weighted by molar-refractivity contribution is -0.116. The molecule has 5 nitrogen and oxygen atoms in total. The van der Waals surface area contributed by atoms with Gasteiger partial charge in [0.1, 0.15) is 12.1 Å². The molecule has 3 aromatic rings. The van der Waals surface area contributed by atoms with Gasteiger partial charge in [-0.25, -0.2) is 9.97 Å². The van der Waals surface area contributed by atoms with E-state index >= 15 is 0 Å². The zero-order chi connectivity index (χ0) is 14.7. The second kappa shape index (κ2) is 5.75. The van der Waals surface area contributed by atoms with Gasteiger partial charge in [0, 0.05) is 6.42 Å². The Morgan fingerprint density at radius 3 is 2.81 bits per heavy atom. The third-order valence-electron chi connectivity index (χ3n) is 3.21. The van der Waals surface area contributed by atoms with Crippen molar-refractivity contribution in [3.8, 4) is 5.82 Å². The molecule has 3 rings (SSSR count). The lowest BCUT2D eigenvalue weighted by Gasteiger charge is -2.06. The molecule has 0 saturated carbocycles. The van der Waals surface area contributed by atoms with Gasteiger partial charge in [0.25, 0.3) is 0 Å². The van der Waals surface area contributed by atoms with E-state index in [1.165, 1.54) is 0 Å². The van der Waals surface area contributed by atoms with E-state index in [9.17, 15) is 4.79 Å². The van der Waals surface area contributed by atoms with Crippen molar-refractivity contribution in [1.29, 1.82) is 0 Å². The summed E-state index contributed by atoms with van der Waals surface area (Å²) in [6.45, 7) is 1.98. The van der Waals surface area contributed by atoms with E-state index in [0.717, 1.165) is 23.3 Å². The number of rotatable bonds is 4. The molecule has 0 atom stereocenters. The van der Waals surface area contributed by atoms with Gasteiger partial charge in [-0.15, -0.1) is 0 Å². The monoisotopic (exact) mass is 280 g/mol. The van der Waals surface area contributed by atoms with Crippen LogP contribution in [0.15, 0.2) is 48.9 Å². The summed E-state index contributed by atoms with van der Waals surface area (Å²) in [5.41, 5.74) is 2.65. The summed E-state index contributed by atoms with van der Waals surface area (Å²) in [6.07, 6.45) is 4.77. The summed E-state index contributed by atoms with van der Waals surface area (Å²) in [4.78, 5) is 20.3. The number of amides is 1. The van der Waals surface area contributed by atoms with Crippen molar-refractivity contribution >= 4 is 22.6 Å². The Morgan fingerprint density at radius 2 is 2.05 bits per heavy atom. The standard InChI is InChI=1S/C16H16N4O/c1-2-5-16(21)19-12-8-9-15(17-10-12)20-11-18-13-6-3-4-7-14(13)20/h3-4,6-11H,2,5H2,1H3,(H,19,21). The van der Waals surface area contributed by atoms with Crippen LogP contribution in [0.5, 0.6) is 0 Å². The molecule has 0 saturated heterocycles. The maximum Gasteiger partial charge on any atom is 0.224 e. The number of aromatic nitrogens is 3. The zero-order valence-corrected chi connectivity index (χ0v) is 11.8. The van der Waals surface area contributed by atoms with Gasteiger partial charge in [-0.2, -0.15) is 0 Å². The number of hydrogen-bond acceptors (Lipinski definition) is 3. The topological polar surface area (TPSA) is 59.8 Å². The number of hydrogen-bond donors (Lipinski definition) is 1. The van der Waals surface area contributed by atoms with E-state index in [2.05, 4.69) is 15.3 Å². The highest BCUT2D eigenvalue weighted by Crippen LogP contribution is 2.17. The largest absolute Gasteiger partial charge is 0.325 e. The van der Waals surface area contributed by atoms with Crippen molar-refractivity contribution in [2.24, 2.45) is 0 Å². The second-order valence-corrected chi connectivity index (χ2v) is 4.81. The van der Waals surface area contributed by atoms with Crippen LogP contribution < -0.4 is 5.32 Å². The first-order valence-electron chi connectivity index (χ1n) is 6.96. The molecule has 0 radical (unpaired) electrons. The van der Waals surface area contributed by atoms with Crippen molar-refractivity contribution in [2.75, 3.05) is 5.32 Å². The van der Waals surface area contributed by atoms with Gasteiger partial charge in [-0.3, -0.25) is 9.36 Å². The Morgan fingerprint density at radius 1 is 1.19 bits per heavy atom. The maximum atomic E-state index is 11.5. The molecule has 0 aliphatic heterocycles. The number of benzene rings is 1. The van der Waals surface area contributed by atoms with Crippen molar-refractivity contribution < 1.29 is 4.79 Å². The van der Waals surface area contributed by atoms with Crippen molar-refractivity contribution in [3.05, 3.63) is 48.9 Å². The number of fused-ring (bicyclic) bond motifs is 1. The molecule has 21 heavy (non-hydrogen) atoms. The average molecular weight is 280 g/mol. The highest BCUT2D eigenvalue weighted by atomic mass is 16.1. The van der Waals surface area contributed by atoms with E-state index in [-0.39, 0.29) is 5.91 Å². The van der Waals surface area contributed by atoms with E-state index in [1.54, 1.807) is 12.5 Å². The predicted octanol–water partition coefficient (Wildman–Crippen LogP) is 3.16. The first kappa shape index (κ1) is 13.3. The molecule has 0 spiro atoms. The highest BCUT2D eigenvalue weighted by Gasteiger charge is 2.06. The lowest BCUT2D eigenvalue weighted by Crippen LogP contribution is -2.11. The Balaban J connectivity index is 1.85. The third kappa shape index (κ3) is 2.76. The molecular formula is C16H16N4O. The molecule has 5 heteroatoms. The van der Waals surface area contributed by atoms with Crippen molar-refractivity contribution in [2.45, 2.75) is 19.8 Å². The summed E-state index contributed by atoms with van der Waals surface area (Å²) in [6, 6.07) is 11.6. The minimum Gasteiger partial charge on any atom is -0.325 e. The third-order valence-corrected chi connectivity index (χ3v) is 3.21. The highest BCUT2D eigenvalue weighted by molar-refractivity contribution is 5.90. The normalized spacial score (nSPS) is 10.7. The summed E-state index contributed by atoms with van der Waals surface area (Å²) in [5, 5.41) is 2.83. The van der Waals surface area contributed by atoms with Crippen LogP contribution in [0.1, 0.15) is 19.8 Å². The Labute approximate surface area is 122 Å². The first-order valence-corrected chi connectivity index (χ1v) is 6.96. The number of carbonyl (C=O) groups is 1. The minimum absolute atomic E-state index is 0.0140. The molecule has 0 fully saturated rings. The fraction of sp³-hybridized carbons (Fsp3) is 0.188. The molecule has 1 aromatic carbocycles. The lowest BCUT2D eigenvalue weighted by atomic mass is 10.3. The van der Waals surface area contributed by atoms with E-state index < -0.39 is 0 Å². The number of imidazole rings is 1. The summed E-state index contributed by atoms with van der Waals surface area (Å²) in [7, 11) is 0. The van der Waals surface area contributed by atoms with Gasteiger partial charge >= 0.3 is 0 Å². The molecule has 0 unspecified atom stereocenters. The molecule has 106 valence electrons. The first-order chi connectivity index (χ1) is 10.3. The maximum absolute atomic E-state index is 11.5. The molecule has 0 bridgehead atoms. The Bertz CT molecular complexity index is 761. The van der Waals surface area contributed by atoms with Crippen LogP contribution in [0, 0.1) is 0 Å². The van der Waals surface area contributed by atoms with E-state index in [0.29, 0.717) is 12.1 Å². The molecule has 1 N–H and O–H groups in total. The van der Waals surface area contributed by atoms with Crippen LogP contribution >= 0.6 is 0 Å². The zero-order valence-electron chi connectivity index (χ0n) is 11.8. The fourth-order valence-corrected chi connectivity index (χ4v) is 2.19. The van der Waals surface area contributed by atoms with E-state index in [4.69, 9.17) is 0 Å². The number of para-hydroxylation sites is 2. The predicted molar refractivity (Wildman–Crippen MR) is 82.4 cm³/mol. The van der Waals surface area contributed by atoms with Crippen LogP contribution in [0.4, 0.5) is 5.69 Å². The molecule has 0 aliphatic rings. The number of pyridine rings is 1. The van der Waals surface area contributed by atoms with Gasteiger partial charge in [-0.1, -0.05) is 19.1 Å². The van der Waals surface area contributed by atoms with Crippen LogP contribution in [-0.2, 0) is 4.79 Å². The Kier molecular flexibility index (Phi) is 3.64. The van der Waals surface area contributed by atoms with Crippen molar-refractivity contribution in [1.82, 2.24) is 14.5 Å². The second-order valence-electron chi connectivity index (χ2n) is 4.81. The smallest absolute Gasteiger partial charge is 0.224 e. The van der Waals surface area contributed by atoms with Crippen molar-refractivity contribution in [3.63, 3.8) is 0 Å². The number of nitrogens with one attached hydrogen (secondary N) is 1. The SMILES string of the molecule is CCCC(=O)Nc1ccc(-n2cnc3ccccc32)nc1. The van der Waals surface area contributed by atoms with Gasteiger partial charge in [0.05, 0.1) is 22.9 Å². The van der Waals surface area contributed by atoms with Crippen LogP contribution in [-0.4, -0.2) is 20.4 Å². The molecule has 2 heterocycles. The van der Waals surface area contributed by atoms with Crippen LogP contribution in [0.3, 0.4) is 0 Å². The number of carbonyl (C=O) groups excluding carboxylic acids is 1. The number of nitrogens with zero attached hydrogens (tertiary/aromatic N) is 3. The average Bonchev–Trinajstić information content (AvgIpc) is 2.92. The summed E-state index contributed by atoms with van der Waals surface area (Å²) < 4.78 is 1.92.